The molecule has 0 saturated carbocycles. The molecule has 0 radical (unpaired) electrons. The second kappa shape index (κ2) is 11.4. The number of aliphatic hydroxyl groups excluding tert-OH is 1. The molecule has 2 saturated heterocycles. The summed E-state index contributed by atoms with van der Waals surface area (Å²) in [5.74, 6) is 0.869. The lowest BCUT2D eigenvalue weighted by molar-refractivity contribution is -0.133. The number of nitrogens with zero attached hydrogens (tertiary/aromatic N) is 5. The first-order chi connectivity index (χ1) is 18.1. The Balaban J connectivity index is 1.26. The summed E-state index contributed by atoms with van der Waals surface area (Å²) in [6, 6.07) is 17.9. The van der Waals surface area contributed by atoms with Gasteiger partial charge in [-0.2, -0.15) is 5.26 Å². The van der Waals surface area contributed by atoms with Gasteiger partial charge in [0.2, 0.25) is 5.91 Å². The van der Waals surface area contributed by atoms with Crippen LogP contribution in [0.2, 0.25) is 0 Å². The number of anilines is 1. The van der Waals surface area contributed by atoms with Crippen molar-refractivity contribution in [3.8, 4) is 23.1 Å². The smallest absolute Gasteiger partial charge is 0.248 e. The molecule has 190 valence electrons. The van der Waals surface area contributed by atoms with Crippen LogP contribution in [-0.4, -0.2) is 78.0 Å². The number of carbonyl (C=O) groups excluding carboxylic acids is 1. The normalized spacial score (nSPS) is 17.5. The van der Waals surface area contributed by atoms with Crippen molar-refractivity contribution < 1.29 is 19.4 Å². The lowest BCUT2D eigenvalue weighted by Gasteiger charge is -2.28. The van der Waals surface area contributed by atoms with Gasteiger partial charge in [0.15, 0.2) is 0 Å². The molecule has 2 aliphatic heterocycles. The number of carbonyl (C=O) groups is 1. The van der Waals surface area contributed by atoms with Gasteiger partial charge in [-0.3, -0.25) is 4.79 Å². The average molecular weight is 500 g/mol. The minimum absolute atomic E-state index is 0.214. The second-order valence-electron chi connectivity index (χ2n) is 9.15. The van der Waals surface area contributed by atoms with Gasteiger partial charge in [-0.15, -0.1) is 0 Å². The van der Waals surface area contributed by atoms with Gasteiger partial charge in [0.25, 0.3) is 0 Å². The van der Waals surface area contributed by atoms with Crippen molar-refractivity contribution in [2.24, 2.45) is 0 Å². The molecule has 9 nitrogen and oxygen atoms in total. The first-order valence-corrected chi connectivity index (χ1v) is 12.5. The lowest BCUT2D eigenvalue weighted by atomic mass is 10.1. The Bertz CT molecular complexity index is 1280. The van der Waals surface area contributed by atoms with E-state index < -0.39 is 6.61 Å². The Kier molecular flexibility index (Phi) is 7.59. The van der Waals surface area contributed by atoms with Crippen LogP contribution in [0.1, 0.15) is 23.4 Å². The van der Waals surface area contributed by atoms with E-state index in [9.17, 15) is 10.1 Å². The topological polar surface area (TPSA) is 112 Å². The summed E-state index contributed by atoms with van der Waals surface area (Å²) >= 11 is 0. The molecule has 2 fully saturated rings. The van der Waals surface area contributed by atoms with E-state index in [-0.39, 0.29) is 12.0 Å². The van der Waals surface area contributed by atoms with E-state index in [0.717, 1.165) is 43.1 Å². The quantitative estimate of drug-likeness (QED) is 0.528. The highest BCUT2D eigenvalue weighted by Crippen LogP contribution is 2.28. The molecule has 2 aromatic carbocycles. The molecule has 3 heterocycles. The largest absolute Gasteiger partial charge is 0.487 e. The minimum atomic E-state index is -0.508. The van der Waals surface area contributed by atoms with Crippen molar-refractivity contribution in [1.29, 1.82) is 5.26 Å². The van der Waals surface area contributed by atoms with Crippen LogP contribution in [0.4, 0.5) is 5.69 Å². The molecule has 2 aliphatic rings. The lowest BCUT2D eigenvalue weighted by Crippen LogP contribution is -2.36. The maximum atomic E-state index is 11.7. The van der Waals surface area contributed by atoms with Crippen molar-refractivity contribution in [3.05, 3.63) is 71.7 Å². The molecule has 1 amide bonds. The highest BCUT2D eigenvalue weighted by Gasteiger charge is 2.27. The third-order valence-electron chi connectivity index (χ3n) is 6.70. The zero-order valence-electron chi connectivity index (χ0n) is 20.5. The number of morpholine rings is 1. The highest BCUT2D eigenvalue weighted by atomic mass is 16.5. The highest BCUT2D eigenvalue weighted by molar-refractivity contribution is 5.77. The maximum Gasteiger partial charge on any atom is 0.248 e. The summed E-state index contributed by atoms with van der Waals surface area (Å²) in [6.45, 7) is 3.74. The van der Waals surface area contributed by atoms with Gasteiger partial charge in [0, 0.05) is 49.9 Å². The van der Waals surface area contributed by atoms with Crippen LogP contribution in [0.3, 0.4) is 0 Å². The van der Waals surface area contributed by atoms with Crippen molar-refractivity contribution in [3.63, 3.8) is 0 Å². The summed E-state index contributed by atoms with van der Waals surface area (Å²) in [6.07, 6.45) is 2.78. The van der Waals surface area contributed by atoms with Crippen LogP contribution in [0.15, 0.2) is 54.7 Å². The first-order valence-electron chi connectivity index (χ1n) is 12.5. The summed E-state index contributed by atoms with van der Waals surface area (Å²) in [5.41, 5.74) is 4.26. The van der Waals surface area contributed by atoms with Crippen LogP contribution < -0.4 is 9.64 Å². The van der Waals surface area contributed by atoms with Crippen molar-refractivity contribution in [2.45, 2.75) is 18.9 Å². The van der Waals surface area contributed by atoms with Crippen molar-refractivity contribution in [2.75, 3.05) is 50.9 Å². The Labute approximate surface area is 215 Å². The fraction of sp³-hybridized carbons (Fsp3) is 0.357. The van der Waals surface area contributed by atoms with Gasteiger partial charge in [0.1, 0.15) is 30.4 Å². The average Bonchev–Trinajstić information content (AvgIpc) is 3.42. The van der Waals surface area contributed by atoms with E-state index in [2.05, 4.69) is 40.2 Å². The summed E-state index contributed by atoms with van der Waals surface area (Å²) in [7, 11) is 0. The number of hydrogen-bond acceptors (Lipinski definition) is 8. The molecule has 0 spiro atoms. The molecule has 1 aromatic heterocycles. The molecule has 1 atom stereocenters. The first kappa shape index (κ1) is 24.7. The molecular weight excluding hydrogens is 470 g/mol. The number of benzene rings is 2. The van der Waals surface area contributed by atoms with E-state index in [1.54, 1.807) is 23.2 Å². The third-order valence-corrected chi connectivity index (χ3v) is 6.70. The van der Waals surface area contributed by atoms with Crippen LogP contribution in [-0.2, 0) is 16.0 Å². The molecule has 1 N–H and O–H groups in total. The number of hydrogen-bond donors (Lipinski definition) is 1. The number of nitriles is 1. The SMILES string of the molecule is N#Cc1cc(-c2ccnc(Cc3ccc(N4CCOCC4)cc3)n2)ccc1O[C@H]1CCN(C(=O)CO)C1. The Hall–Kier alpha value is -4.00. The van der Waals surface area contributed by atoms with Crippen LogP contribution >= 0.6 is 0 Å². The van der Waals surface area contributed by atoms with Gasteiger partial charge in [-0.1, -0.05) is 12.1 Å². The van der Waals surface area contributed by atoms with Gasteiger partial charge in [-0.05, 0) is 42.0 Å². The predicted molar refractivity (Wildman–Crippen MR) is 137 cm³/mol. The van der Waals surface area contributed by atoms with E-state index in [4.69, 9.17) is 19.6 Å². The van der Waals surface area contributed by atoms with Crippen LogP contribution in [0.25, 0.3) is 11.3 Å². The Morgan fingerprint density at radius 1 is 1.14 bits per heavy atom. The Morgan fingerprint density at radius 3 is 2.70 bits per heavy atom. The summed E-state index contributed by atoms with van der Waals surface area (Å²) < 4.78 is 11.5. The fourth-order valence-corrected chi connectivity index (χ4v) is 4.68. The predicted octanol–water partition coefficient (Wildman–Crippen LogP) is 2.41. The number of likely N-dealkylation sites (tertiary alicyclic amines) is 1. The molecule has 3 aromatic rings. The zero-order valence-corrected chi connectivity index (χ0v) is 20.5. The molecule has 37 heavy (non-hydrogen) atoms. The monoisotopic (exact) mass is 499 g/mol. The zero-order chi connectivity index (χ0) is 25.6. The Morgan fingerprint density at radius 2 is 1.95 bits per heavy atom. The van der Waals surface area contributed by atoms with Gasteiger partial charge in [0.05, 0.1) is 31.0 Å². The minimum Gasteiger partial charge on any atom is -0.487 e. The van der Waals surface area contributed by atoms with E-state index in [1.165, 1.54) is 5.69 Å². The van der Waals surface area contributed by atoms with E-state index in [0.29, 0.717) is 43.1 Å². The fourth-order valence-electron chi connectivity index (χ4n) is 4.68. The summed E-state index contributed by atoms with van der Waals surface area (Å²) in [4.78, 5) is 24.8. The number of ether oxygens (including phenoxy) is 2. The third kappa shape index (κ3) is 5.88. The molecular formula is C28H29N5O4. The number of aromatic nitrogens is 2. The number of rotatable bonds is 7. The number of aliphatic hydroxyl groups is 1. The van der Waals surface area contributed by atoms with Gasteiger partial charge >= 0.3 is 0 Å². The molecule has 0 aliphatic carbocycles. The maximum absolute atomic E-state index is 11.7. The number of amides is 1. The molecule has 9 heteroatoms. The molecule has 0 bridgehead atoms. The van der Waals surface area contributed by atoms with Crippen LogP contribution in [0.5, 0.6) is 5.75 Å². The van der Waals surface area contributed by atoms with Gasteiger partial charge < -0.3 is 24.4 Å². The van der Waals surface area contributed by atoms with Crippen LogP contribution in [0, 0.1) is 11.3 Å². The second-order valence-corrected chi connectivity index (χ2v) is 9.15. The van der Waals surface area contributed by atoms with Crippen molar-refractivity contribution >= 4 is 11.6 Å². The summed E-state index contributed by atoms with van der Waals surface area (Å²) in [5, 5.41) is 18.8. The standard InChI is InChI=1S/C28H29N5O4/c29-17-22-16-21(3-6-26(22)37-24-8-10-33(18-24)28(35)19-34)25-7-9-30-27(31-25)15-20-1-4-23(5-2-20)32-11-13-36-14-12-32/h1-7,9,16,24,34H,8,10-15,18-19H2/t24-/m0/s1. The van der Waals surface area contributed by atoms with E-state index in [1.807, 2.05) is 12.1 Å². The van der Waals surface area contributed by atoms with Gasteiger partial charge in [-0.25, -0.2) is 9.97 Å². The molecule has 0 unspecified atom stereocenters. The molecule has 5 rings (SSSR count). The van der Waals surface area contributed by atoms with E-state index >= 15 is 0 Å². The van der Waals surface area contributed by atoms with Crippen molar-refractivity contribution in [1.82, 2.24) is 14.9 Å².